The van der Waals surface area contributed by atoms with Gasteiger partial charge in [0, 0.05) is 32.6 Å². The summed E-state index contributed by atoms with van der Waals surface area (Å²) < 4.78 is 15.8. The summed E-state index contributed by atoms with van der Waals surface area (Å²) in [5.74, 6) is 0.698. The Kier molecular flexibility index (Phi) is 8.17. The zero-order valence-electron chi connectivity index (χ0n) is 17.5. The number of hydrogen-bond acceptors (Lipinski definition) is 7. The molecule has 8 nitrogen and oxygen atoms in total. The molecule has 1 atom stereocenters. The van der Waals surface area contributed by atoms with E-state index >= 15 is 0 Å². The van der Waals surface area contributed by atoms with Gasteiger partial charge in [-0.1, -0.05) is 10.5 Å². The van der Waals surface area contributed by atoms with E-state index in [2.05, 4.69) is 14.4 Å². The number of carbonyl (C=O) groups is 1. The van der Waals surface area contributed by atoms with Crippen LogP contribution in [0, 0.1) is 11.3 Å². The van der Waals surface area contributed by atoms with Crippen molar-refractivity contribution in [1.82, 2.24) is 14.9 Å². The van der Waals surface area contributed by atoms with Crippen molar-refractivity contribution in [3.05, 3.63) is 30.1 Å². The third-order valence-electron chi connectivity index (χ3n) is 4.32. The van der Waals surface area contributed by atoms with Crippen LogP contribution in [-0.2, 0) is 16.2 Å². The van der Waals surface area contributed by atoms with Crippen molar-refractivity contribution in [3.63, 3.8) is 0 Å². The average molecular weight is 417 g/mol. The molecular formula is C20H28N6O2S. The molecule has 0 saturated carbocycles. The summed E-state index contributed by atoms with van der Waals surface area (Å²) in [6.45, 7) is 10.0. The van der Waals surface area contributed by atoms with E-state index in [4.69, 9.17) is 5.26 Å². The Bertz CT molecular complexity index is 787. The van der Waals surface area contributed by atoms with Crippen molar-refractivity contribution in [2.45, 2.75) is 45.3 Å². The minimum atomic E-state index is -1.28. The molecule has 2 rings (SSSR count). The Balaban J connectivity index is 1.75. The summed E-state index contributed by atoms with van der Waals surface area (Å²) >= 11 is -1.28. The topological polar surface area (TPSA) is 109 Å². The second kappa shape index (κ2) is 10.4. The molecule has 0 aliphatic carbocycles. The average Bonchev–Trinajstić information content (AvgIpc) is 2.70. The molecule has 1 unspecified atom stereocenters. The molecule has 2 heterocycles. The zero-order chi connectivity index (χ0) is 21.4. The summed E-state index contributed by atoms with van der Waals surface area (Å²) in [4.78, 5) is 24.7. The molecule has 0 bridgehead atoms. The molecule has 9 heteroatoms. The molecule has 1 aliphatic rings. The number of nitriles is 1. The number of rotatable bonds is 6. The van der Waals surface area contributed by atoms with Crippen molar-refractivity contribution < 1.29 is 9.35 Å². The fourth-order valence-electron chi connectivity index (χ4n) is 2.62. The first-order valence-electron chi connectivity index (χ1n) is 9.59. The van der Waals surface area contributed by atoms with Gasteiger partial charge in [0.15, 0.2) is 0 Å². The van der Waals surface area contributed by atoms with Crippen molar-refractivity contribution in [2.24, 2.45) is 4.40 Å². The summed E-state index contributed by atoms with van der Waals surface area (Å²) in [7, 11) is 0. The van der Waals surface area contributed by atoms with Gasteiger partial charge in [0.2, 0.25) is 11.9 Å². The van der Waals surface area contributed by atoms with Gasteiger partial charge in [0.05, 0.1) is 23.7 Å². The van der Waals surface area contributed by atoms with Gasteiger partial charge in [-0.05, 0) is 40.2 Å². The summed E-state index contributed by atoms with van der Waals surface area (Å²) in [6.07, 6.45) is 7.78. The van der Waals surface area contributed by atoms with Gasteiger partial charge in [0.25, 0.3) is 0 Å². The second-order valence-electron chi connectivity index (χ2n) is 7.79. The van der Waals surface area contributed by atoms with E-state index in [0.29, 0.717) is 56.2 Å². The standard InChI is InChI=1S/C20H28N6O2S/c1-16(24-29(28)20(2,3)4)7-5-6-8-18(27)25-9-11-26(12-10-25)19-22-14-17(13-21)15-23-19/h5,7,14-15H,6,8-12H2,1-4H3/b7-5+,24-16?. The maximum absolute atomic E-state index is 12.4. The molecule has 0 radical (unpaired) electrons. The SMILES string of the molecule is CC(/C=C/CCC(=O)N1CCN(c2ncc(C#N)cn2)CC1)=N[S+]([O-])C(C)(C)C. The summed E-state index contributed by atoms with van der Waals surface area (Å²) in [5.41, 5.74) is 1.13. The molecule has 1 saturated heterocycles. The van der Waals surface area contributed by atoms with E-state index < -0.39 is 11.4 Å². The number of piperazine rings is 1. The Morgan fingerprint density at radius 1 is 1.31 bits per heavy atom. The van der Waals surface area contributed by atoms with Crippen molar-refractivity contribution in [1.29, 1.82) is 5.26 Å². The minimum Gasteiger partial charge on any atom is -0.591 e. The summed E-state index contributed by atoms with van der Waals surface area (Å²) in [6, 6.07) is 2.00. The van der Waals surface area contributed by atoms with Crippen LogP contribution in [0.25, 0.3) is 0 Å². The highest BCUT2D eigenvalue weighted by molar-refractivity contribution is 7.91. The number of anilines is 1. The maximum Gasteiger partial charge on any atom is 0.225 e. The highest BCUT2D eigenvalue weighted by Gasteiger charge is 2.26. The predicted octanol–water partition coefficient (Wildman–Crippen LogP) is 2.26. The Morgan fingerprint density at radius 3 is 2.48 bits per heavy atom. The molecule has 0 aromatic carbocycles. The van der Waals surface area contributed by atoms with Gasteiger partial charge in [-0.25, -0.2) is 9.97 Å². The van der Waals surface area contributed by atoms with Gasteiger partial charge in [-0.15, -0.1) is 0 Å². The van der Waals surface area contributed by atoms with Crippen molar-refractivity contribution >= 4 is 28.9 Å². The number of nitrogens with zero attached hydrogens (tertiary/aromatic N) is 6. The predicted molar refractivity (Wildman–Crippen MR) is 115 cm³/mol. The molecule has 0 spiro atoms. The first-order chi connectivity index (χ1) is 13.7. The molecule has 1 amide bonds. The monoisotopic (exact) mass is 416 g/mol. The largest absolute Gasteiger partial charge is 0.591 e. The van der Waals surface area contributed by atoms with E-state index in [-0.39, 0.29) is 10.7 Å². The minimum absolute atomic E-state index is 0.114. The fourth-order valence-corrected chi connectivity index (χ4v) is 3.21. The number of amides is 1. The van der Waals surface area contributed by atoms with Gasteiger partial charge in [0.1, 0.15) is 22.2 Å². The normalized spacial score (nSPS) is 16.8. The quantitative estimate of drug-likeness (QED) is 0.520. The number of carbonyl (C=O) groups excluding carboxylic acids is 1. The molecule has 156 valence electrons. The van der Waals surface area contributed by atoms with E-state index in [1.807, 2.05) is 55.7 Å². The lowest BCUT2D eigenvalue weighted by Crippen LogP contribution is -2.49. The van der Waals surface area contributed by atoms with Gasteiger partial charge in [-0.2, -0.15) is 5.26 Å². The fraction of sp³-hybridized carbons (Fsp3) is 0.550. The Labute approximate surface area is 175 Å². The number of allylic oxidation sites excluding steroid dienone is 2. The van der Waals surface area contributed by atoms with Crippen LogP contribution in [0.2, 0.25) is 0 Å². The van der Waals surface area contributed by atoms with E-state index in [0.717, 1.165) is 0 Å². The highest BCUT2D eigenvalue weighted by Crippen LogP contribution is 2.17. The molecule has 1 aliphatic heterocycles. The van der Waals surface area contributed by atoms with Crippen LogP contribution in [-0.4, -0.2) is 62.0 Å². The van der Waals surface area contributed by atoms with Gasteiger partial charge < -0.3 is 14.4 Å². The third kappa shape index (κ3) is 7.15. The van der Waals surface area contributed by atoms with E-state index in [1.165, 1.54) is 12.4 Å². The first kappa shape index (κ1) is 22.8. The van der Waals surface area contributed by atoms with Crippen LogP contribution in [0.3, 0.4) is 0 Å². The third-order valence-corrected chi connectivity index (χ3v) is 5.82. The smallest absolute Gasteiger partial charge is 0.225 e. The van der Waals surface area contributed by atoms with Crippen LogP contribution in [0.4, 0.5) is 5.95 Å². The lowest BCUT2D eigenvalue weighted by atomic mass is 10.2. The van der Waals surface area contributed by atoms with Crippen LogP contribution in [0.1, 0.15) is 46.1 Å². The number of hydrogen-bond donors (Lipinski definition) is 0. The van der Waals surface area contributed by atoms with Gasteiger partial charge in [-0.3, -0.25) is 4.79 Å². The van der Waals surface area contributed by atoms with Gasteiger partial charge >= 0.3 is 0 Å². The van der Waals surface area contributed by atoms with Crippen LogP contribution < -0.4 is 4.90 Å². The van der Waals surface area contributed by atoms with Crippen molar-refractivity contribution in [3.8, 4) is 6.07 Å². The van der Waals surface area contributed by atoms with Crippen LogP contribution in [0.5, 0.6) is 0 Å². The first-order valence-corrected chi connectivity index (χ1v) is 10.7. The second-order valence-corrected chi connectivity index (χ2v) is 9.69. The molecular weight excluding hydrogens is 388 g/mol. The Morgan fingerprint density at radius 2 is 1.93 bits per heavy atom. The lowest BCUT2D eigenvalue weighted by molar-refractivity contribution is -0.131. The lowest BCUT2D eigenvalue weighted by Gasteiger charge is -2.34. The van der Waals surface area contributed by atoms with Crippen LogP contribution in [0.15, 0.2) is 28.9 Å². The van der Waals surface area contributed by atoms with E-state index in [1.54, 1.807) is 0 Å². The molecule has 1 fully saturated rings. The van der Waals surface area contributed by atoms with Crippen LogP contribution >= 0.6 is 0 Å². The van der Waals surface area contributed by atoms with Crippen molar-refractivity contribution in [2.75, 3.05) is 31.1 Å². The molecule has 0 N–H and O–H groups in total. The zero-order valence-corrected chi connectivity index (χ0v) is 18.3. The molecule has 29 heavy (non-hydrogen) atoms. The molecule has 1 aromatic heterocycles. The molecule has 1 aromatic rings. The number of aromatic nitrogens is 2. The van der Waals surface area contributed by atoms with E-state index in [9.17, 15) is 9.35 Å². The Hall–Kier alpha value is -2.44. The maximum atomic E-state index is 12.4. The summed E-state index contributed by atoms with van der Waals surface area (Å²) in [5, 5.41) is 8.81. The highest BCUT2D eigenvalue weighted by atomic mass is 32.2.